The molecular weight excluding hydrogens is 252 g/mol. The first-order valence-corrected chi connectivity index (χ1v) is 8.65. The number of fused-ring (bicyclic) bond motifs is 1. The quantitative estimate of drug-likeness (QED) is 0.785. The Hall–Kier alpha value is -0.480. The van der Waals surface area contributed by atoms with Gasteiger partial charge in [-0.2, -0.15) is 11.8 Å². The summed E-state index contributed by atoms with van der Waals surface area (Å²) < 4.78 is 24.0. The summed E-state index contributed by atoms with van der Waals surface area (Å²) in [7, 11) is -3.00. The SMILES string of the molecule is CC1(c2ccc3c(c2)CCCS3(=O)=O)CCS1. The van der Waals surface area contributed by atoms with Crippen LogP contribution in [0.15, 0.2) is 23.1 Å². The highest BCUT2D eigenvalue weighted by atomic mass is 32.2. The summed E-state index contributed by atoms with van der Waals surface area (Å²) >= 11 is 1.96. The predicted molar refractivity (Wildman–Crippen MR) is 71.2 cm³/mol. The zero-order valence-corrected chi connectivity index (χ0v) is 11.5. The van der Waals surface area contributed by atoms with Crippen LogP contribution in [-0.2, 0) is 21.0 Å². The van der Waals surface area contributed by atoms with E-state index in [0.29, 0.717) is 10.6 Å². The lowest BCUT2D eigenvalue weighted by Gasteiger charge is -2.38. The van der Waals surface area contributed by atoms with Gasteiger partial charge in [-0.1, -0.05) is 12.1 Å². The van der Waals surface area contributed by atoms with Crippen molar-refractivity contribution in [2.75, 3.05) is 11.5 Å². The highest BCUT2D eigenvalue weighted by Gasteiger charge is 2.35. The first-order valence-electron chi connectivity index (χ1n) is 6.01. The van der Waals surface area contributed by atoms with E-state index in [0.717, 1.165) is 18.4 Å². The van der Waals surface area contributed by atoms with Crippen LogP contribution in [0, 0.1) is 0 Å². The minimum Gasteiger partial charge on any atom is -0.224 e. The molecule has 1 saturated heterocycles. The number of benzene rings is 1. The Balaban J connectivity index is 2.08. The number of hydrogen-bond acceptors (Lipinski definition) is 3. The van der Waals surface area contributed by atoms with Crippen LogP contribution >= 0.6 is 11.8 Å². The fraction of sp³-hybridized carbons (Fsp3) is 0.538. The molecule has 2 nitrogen and oxygen atoms in total. The molecule has 1 atom stereocenters. The van der Waals surface area contributed by atoms with Crippen LogP contribution in [0.5, 0.6) is 0 Å². The molecule has 3 rings (SSSR count). The summed E-state index contributed by atoms with van der Waals surface area (Å²) in [5.74, 6) is 1.53. The van der Waals surface area contributed by atoms with Crippen LogP contribution in [0.1, 0.15) is 30.9 Å². The Morgan fingerprint density at radius 3 is 2.76 bits per heavy atom. The van der Waals surface area contributed by atoms with Gasteiger partial charge in [0.15, 0.2) is 9.84 Å². The molecule has 17 heavy (non-hydrogen) atoms. The summed E-state index contributed by atoms with van der Waals surface area (Å²) in [6.07, 6.45) is 2.87. The minimum atomic E-state index is -3.00. The van der Waals surface area contributed by atoms with Crippen molar-refractivity contribution in [1.29, 1.82) is 0 Å². The smallest absolute Gasteiger partial charge is 0.178 e. The van der Waals surface area contributed by atoms with Crippen molar-refractivity contribution < 1.29 is 8.42 Å². The molecule has 1 aromatic rings. The fourth-order valence-corrected chi connectivity index (χ4v) is 5.30. The average Bonchev–Trinajstić information content (AvgIpc) is 2.25. The third kappa shape index (κ3) is 1.82. The van der Waals surface area contributed by atoms with E-state index in [9.17, 15) is 8.42 Å². The summed E-state index contributed by atoms with van der Waals surface area (Å²) in [4.78, 5) is 0.570. The number of sulfone groups is 1. The Labute approximate surface area is 107 Å². The standard InChI is InChI=1S/C13H16O2S2/c1-13(6-7-16-13)11-4-5-12-10(9-11)3-2-8-17(12,14)15/h4-5,9H,2-3,6-8H2,1H3. The molecule has 0 radical (unpaired) electrons. The third-order valence-corrected chi connectivity index (χ3v) is 7.24. The van der Waals surface area contributed by atoms with Crippen molar-refractivity contribution in [3.8, 4) is 0 Å². The highest BCUT2D eigenvalue weighted by molar-refractivity contribution is 8.01. The van der Waals surface area contributed by atoms with E-state index >= 15 is 0 Å². The number of hydrogen-bond donors (Lipinski definition) is 0. The lowest BCUT2D eigenvalue weighted by atomic mass is 9.93. The van der Waals surface area contributed by atoms with E-state index in [1.807, 2.05) is 23.9 Å². The Bertz CT molecular complexity index is 557. The first kappa shape index (κ1) is 11.6. The van der Waals surface area contributed by atoms with Crippen molar-refractivity contribution in [3.63, 3.8) is 0 Å². The van der Waals surface area contributed by atoms with Crippen molar-refractivity contribution >= 4 is 21.6 Å². The van der Waals surface area contributed by atoms with Gasteiger partial charge in [0.05, 0.1) is 10.6 Å². The van der Waals surface area contributed by atoms with E-state index in [-0.39, 0.29) is 4.75 Å². The van der Waals surface area contributed by atoms with Crippen LogP contribution in [0.4, 0.5) is 0 Å². The Morgan fingerprint density at radius 1 is 1.35 bits per heavy atom. The molecular formula is C13H16O2S2. The average molecular weight is 268 g/mol. The first-order chi connectivity index (χ1) is 8.01. The van der Waals surface area contributed by atoms with E-state index in [1.165, 1.54) is 17.7 Å². The van der Waals surface area contributed by atoms with Crippen LogP contribution in [0.2, 0.25) is 0 Å². The maximum Gasteiger partial charge on any atom is 0.178 e. The van der Waals surface area contributed by atoms with Gasteiger partial charge in [0.25, 0.3) is 0 Å². The van der Waals surface area contributed by atoms with Gasteiger partial charge in [-0.05, 0) is 49.1 Å². The molecule has 1 fully saturated rings. The third-order valence-electron chi connectivity index (χ3n) is 3.87. The summed E-state index contributed by atoms with van der Waals surface area (Å²) in [5, 5.41) is 0. The van der Waals surface area contributed by atoms with E-state index in [4.69, 9.17) is 0 Å². The molecule has 1 aromatic carbocycles. The number of thioether (sulfide) groups is 1. The molecule has 4 heteroatoms. The molecule has 0 saturated carbocycles. The monoisotopic (exact) mass is 268 g/mol. The van der Waals surface area contributed by atoms with Gasteiger partial charge < -0.3 is 0 Å². The zero-order valence-electron chi connectivity index (χ0n) is 9.90. The molecule has 2 heterocycles. The van der Waals surface area contributed by atoms with Gasteiger partial charge in [0.1, 0.15) is 0 Å². The van der Waals surface area contributed by atoms with Gasteiger partial charge >= 0.3 is 0 Å². The molecule has 0 bridgehead atoms. The largest absolute Gasteiger partial charge is 0.224 e. The fourth-order valence-electron chi connectivity index (χ4n) is 2.61. The number of aryl methyl sites for hydroxylation is 1. The normalized spacial score (nSPS) is 30.4. The lowest BCUT2D eigenvalue weighted by Crippen LogP contribution is -2.28. The number of rotatable bonds is 1. The van der Waals surface area contributed by atoms with Gasteiger partial charge in [-0.25, -0.2) is 8.42 Å². The van der Waals surface area contributed by atoms with Crippen molar-refractivity contribution in [2.45, 2.75) is 35.8 Å². The van der Waals surface area contributed by atoms with E-state index in [1.54, 1.807) is 0 Å². The van der Waals surface area contributed by atoms with Crippen LogP contribution in [0.25, 0.3) is 0 Å². The highest BCUT2D eigenvalue weighted by Crippen LogP contribution is 2.49. The second-order valence-electron chi connectivity index (χ2n) is 5.07. The Kier molecular flexibility index (Phi) is 2.56. The lowest BCUT2D eigenvalue weighted by molar-refractivity contribution is 0.584. The van der Waals surface area contributed by atoms with Crippen molar-refractivity contribution in [2.24, 2.45) is 0 Å². The van der Waals surface area contributed by atoms with E-state index in [2.05, 4.69) is 13.0 Å². The Morgan fingerprint density at radius 2 is 2.12 bits per heavy atom. The van der Waals surface area contributed by atoms with Gasteiger partial charge in [0.2, 0.25) is 0 Å². The molecule has 0 spiro atoms. The summed E-state index contributed by atoms with van der Waals surface area (Å²) in [5.41, 5.74) is 2.33. The van der Waals surface area contributed by atoms with Crippen LogP contribution in [0.3, 0.4) is 0 Å². The molecule has 1 unspecified atom stereocenters. The molecule has 2 aliphatic heterocycles. The molecule has 92 valence electrons. The van der Waals surface area contributed by atoms with Crippen molar-refractivity contribution in [1.82, 2.24) is 0 Å². The second-order valence-corrected chi connectivity index (χ2v) is 8.75. The minimum absolute atomic E-state index is 0.218. The summed E-state index contributed by atoms with van der Waals surface area (Å²) in [6.45, 7) is 2.25. The molecule has 0 aliphatic carbocycles. The molecule has 0 aromatic heterocycles. The maximum atomic E-state index is 11.9. The topological polar surface area (TPSA) is 34.1 Å². The van der Waals surface area contributed by atoms with Crippen LogP contribution in [-0.4, -0.2) is 19.9 Å². The van der Waals surface area contributed by atoms with Gasteiger partial charge in [-0.15, -0.1) is 0 Å². The van der Waals surface area contributed by atoms with Gasteiger partial charge in [0, 0.05) is 4.75 Å². The zero-order chi connectivity index (χ0) is 12.1. The van der Waals surface area contributed by atoms with E-state index < -0.39 is 9.84 Å². The predicted octanol–water partition coefficient (Wildman–Crippen LogP) is 2.76. The molecule has 2 aliphatic rings. The molecule has 0 amide bonds. The second kappa shape index (κ2) is 3.75. The van der Waals surface area contributed by atoms with Gasteiger partial charge in [-0.3, -0.25) is 0 Å². The molecule has 0 N–H and O–H groups in total. The van der Waals surface area contributed by atoms with Crippen molar-refractivity contribution in [3.05, 3.63) is 29.3 Å². The van der Waals surface area contributed by atoms with Crippen LogP contribution < -0.4 is 0 Å². The maximum absolute atomic E-state index is 11.9. The summed E-state index contributed by atoms with van der Waals surface area (Å²) in [6, 6.07) is 5.95.